The monoisotopic (exact) mass is 387 g/mol. The Labute approximate surface area is 157 Å². The molecule has 140 valence electrons. The molecule has 0 saturated carbocycles. The maximum absolute atomic E-state index is 13.8. The van der Waals surface area contributed by atoms with E-state index in [-0.39, 0.29) is 10.6 Å². The number of aryl methyl sites for hydroxylation is 1. The van der Waals surface area contributed by atoms with E-state index in [1.165, 1.54) is 36.4 Å². The smallest absolute Gasteiger partial charge is 0.259 e. The molecule has 0 spiro atoms. The van der Waals surface area contributed by atoms with Crippen LogP contribution in [-0.4, -0.2) is 8.42 Å². The van der Waals surface area contributed by atoms with Crippen molar-refractivity contribution in [1.29, 1.82) is 0 Å². The molecule has 0 aliphatic carbocycles. The first-order chi connectivity index (χ1) is 12.8. The standard InChI is InChI=1S/C21H19F2NO2S/c1-15-6-8-17(9-7-15)16(2)24(20-5-3-4-19(23)14-20)27(25,26)21-12-10-18(22)11-13-21/h3-14,16H,1-2H3. The summed E-state index contributed by atoms with van der Waals surface area (Å²) < 4.78 is 54.9. The summed E-state index contributed by atoms with van der Waals surface area (Å²) in [7, 11) is -4.05. The van der Waals surface area contributed by atoms with Gasteiger partial charge >= 0.3 is 0 Å². The fourth-order valence-electron chi connectivity index (χ4n) is 2.88. The largest absolute Gasteiger partial charge is 0.264 e. The van der Waals surface area contributed by atoms with Crippen molar-refractivity contribution in [3.63, 3.8) is 0 Å². The fourth-order valence-corrected chi connectivity index (χ4v) is 4.52. The molecule has 6 heteroatoms. The summed E-state index contributed by atoms with van der Waals surface area (Å²) in [6, 6.07) is 16.9. The predicted octanol–water partition coefficient (Wildman–Crippen LogP) is 5.23. The second-order valence-electron chi connectivity index (χ2n) is 6.32. The van der Waals surface area contributed by atoms with Gasteiger partial charge in [0, 0.05) is 0 Å². The van der Waals surface area contributed by atoms with Crippen LogP contribution in [0.4, 0.5) is 14.5 Å². The molecule has 0 N–H and O–H groups in total. The summed E-state index contributed by atoms with van der Waals surface area (Å²) in [5, 5.41) is 0. The summed E-state index contributed by atoms with van der Waals surface area (Å²) >= 11 is 0. The molecule has 3 rings (SSSR count). The third-order valence-electron chi connectivity index (χ3n) is 4.34. The Balaban J connectivity index is 2.15. The number of hydrogen-bond donors (Lipinski definition) is 0. The van der Waals surface area contributed by atoms with Crippen LogP contribution in [0.1, 0.15) is 24.1 Å². The Morgan fingerprint density at radius 2 is 1.48 bits per heavy atom. The van der Waals surface area contributed by atoms with Crippen LogP contribution in [0, 0.1) is 18.6 Å². The fraction of sp³-hybridized carbons (Fsp3) is 0.143. The second-order valence-corrected chi connectivity index (χ2v) is 8.14. The zero-order valence-corrected chi connectivity index (χ0v) is 15.7. The molecule has 1 atom stereocenters. The minimum atomic E-state index is -4.05. The lowest BCUT2D eigenvalue weighted by molar-refractivity contribution is 0.581. The van der Waals surface area contributed by atoms with E-state index in [4.69, 9.17) is 0 Å². The van der Waals surface area contributed by atoms with Crippen LogP contribution in [0.25, 0.3) is 0 Å². The Kier molecular flexibility index (Phi) is 5.28. The van der Waals surface area contributed by atoms with E-state index in [1.807, 2.05) is 31.2 Å². The number of halogens is 2. The van der Waals surface area contributed by atoms with Crippen molar-refractivity contribution in [1.82, 2.24) is 0 Å². The molecule has 27 heavy (non-hydrogen) atoms. The maximum Gasteiger partial charge on any atom is 0.264 e. The molecule has 3 aromatic carbocycles. The van der Waals surface area contributed by atoms with Crippen molar-refractivity contribution < 1.29 is 17.2 Å². The van der Waals surface area contributed by atoms with Gasteiger partial charge in [0.1, 0.15) is 11.6 Å². The first-order valence-electron chi connectivity index (χ1n) is 8.41. The normalized spacial score (nSPS) is 12.6. The molecular weight excluding hydrogens is 368 g/mol. The molecule has 0 radical (unpaired) electrons. The van der Waals surface area contributed by atoms with Gasteiger partial charge in [-0.1, -0.05) is 35.9 Å². The van der Waals surface area contributed by atoms with Crippen molar-refractivity contribution in [3.05, 3.63) is 95.6 Å². The first-order valence-corrected chi connectivity index (χ1v) is 9.85. The van der Waals surface area contributed by atoms with Gasteiger partial charge < -0.3 is 0 Å². The Hall–Kier alpha value is -2.73. The lowest BCUT2D eigenvalue weighted by atomic mass is 10.1. The number of sulfonamides is 1. The van der Waals surface area contributed by atoms with Crippen LogP contribution in [-0.2, 0) is 10.0 Å². The van der Waals surface area contributed by atoms with Crippen LogP contribution >= 0.6 is 0 Å². The summed E-state index contributed by atoms with van der Waals surface area (Å²) in [5.41, 5.74) is 2.01. The quantitative estimate of drug-likeness (QED) is 0.601. The first kappa shape index (κ1) is 19.0. The van der Waals surface area contributed by atoms with E-state index >= 15 is 0 Å². The predicted molar refractivity (Wildman–Crippen MR) is 102 cm³/mol. The van der Waals surface area contributed by atoms with Gasteiger partial charge in [-0.15, -0.1) is 0 Å². The van der Waals surface area contributed by atoms with Crippen LogP contribution in [0.2, 0.25) is 0 Å². The van der Waals surface area contributed by atoms with E-state index in [0.29, 0.717) is 0 Å². The minimum absolute atomic E-state index is 0.0628. The summed E-state index contributed by atoms with van der Waals surface area (Å²) in [6.07, 6.45) is 0. The van der Waals surface area contributed by atoms with Crippen molar-refractivity contribution in [2.24, 2.45) is 0 Å². The molecule has 0 heterocycles. The average Bonchev–Trinajstić information content (AvgIpc) is 2.62. The minimum Gasteiger partial charge on any atom is -0.259 e. The highest BCUT2D eigenvalue weighted by Gasteiger charge is 2.30. The molecule has 0 fully saturated rings. The van der Waals surface area contributed by atoms with Gasteiger partial charge in [0.15, 0.2) is 0 Å². The van der Waals surface area contributed by atoms with E-state index in [9.17, 15) is 17.2 Å². The third-order valence-corrected chi connectivity index (χ3v) is 6.26. The number of nitrogens with zero attached hydrogens (tertiary/aromatic N) is 1. The van der Waals surface area contributed by atoms with Gasteiger partial charge in [-0.3, -0.25) is 4.31 Å². The molecule has 0 saturated heterocycles. The number of anilines is 1. The number of hydrogen-bond acceptors (Lipinski definition) is 2. The number of rotatable bonds is 5. The van der Waals surface area contributed by atoms with Gasteiger partial charge in [0.25, 0.3) is 10.0 Å². The molecule has 0 bridgehead atoms. The molecule has 3 aromatic rings. The molecule has 0 amide bonds. The van der Waals surface area contributed by atoms with Crippen LogP contribution in [0.5, 0.6) is 0 Å². The highest BCUT2D eigenvalue weighted by molar-refractivity contribution is 7.92. The average molecular weight is 387 g/mol. The van der Waals surface area contributed by atoms with E-state index in [2.05, 4.69) is 0 Å². The highest BCUT2D eigenvalue weighted by atomic mass is 32.2. The molecule has 3 nitrogen and oxygen atoms in total. The second kappa shape index (κ2) is 7.48. The highest BCUT2D eigenvalue weighted by Crippen LogP contribution is 2.33. The molecule has 0 aliphatic rings. The molecule has 1 unspecified atom stereocenters. The summed E-state index contributed by atoms with van der Waals surface area (Å²) in [4.78, 5) is -0.0628. The maximum atomic E-state index is 13.8. The Morgan fingerprint density at radius 3 is 2.07 bits per heavy atom. The molecular formula is C21H19F2NO2S. The van der Waals surface area contributed by atoms with Crippen molar-refractivity contribution in [3.8, 4) is 0 Å². The van der Waals surface area contributed by atoms with Crippen LogP contribution in [0.15, 0.2) is 77.7 Å². The third kappa shape index (κ3) is 4.01. The van der Waals surface area contributed by atoms with Crippen LogP contribution < -0.4 is 4.31 Å². The zero-order valence-electron chi connectivity index (χ0n) is 14.9. The summed E-state index contributed by atoms with van der Waals surface area (Å²) in [5.74, 6) is -1.07. The molecule has 0 aliphatic heterocycles. The number of benzene rings is 3. The van der Waals surface area contributed by atoms with Gasteiger partial charge in [-0.05, 0) is 61.9 Å². The Bertz CT molecular complexity index is 1030. The van der Waals surface area contributed by atoms with Crippen LogP contribution in [0.3, 0.4) is 0 Å². The van der Waals surface area contributed by atoms with E-state index < -0.39 is 27.7 Å². The van der Waals surface area contributed by atoms with E-state index in [1.54, 1.807) is 6.92 Å². The topological polar surface area (TPSA) is 37.4 Å². The van der Waals surface area contributed by atoms with Gasteiger partial charge in [0.05, 0.1) is 16.6 Å². The summed E-state index contributed by atoms with van der Waals surface area (Å²) in [6.45, 7) is 3.67. The van der Waals surface area contributed by atoms with Gasteiger partial charge in [-0.2, -0.15) is 0 Å². The SMILES string of the molecule is Cc1ccc(C(C)N(c2cccc(F)c2)S(=O)(=O)c2ccc(F)cc2)cc1. The van der Waals surface area contributed by atoms with E-state index in [0.717, 1.165) is 27.6 Å². The Morgan fingerprint density at radius 1 is 0.852 bits per heavy atom. The van der Waals surface area contributed by atoms with Crippen molar-refractivity contribution >= 4 is 15.7 Å². The molecule has 0 aromatic heterocycles. The van der Waals surface area contributed by atoms with Crippen molar-refractivity contribution in [2.45, 2.75) is 24.8 Å². The lowest BCUT2D eigenvalue weighted by Crippen LogP contribution is -2.33. The van der Waals surface area contributed by atoms with Gasteiger partial charge in [-0.25, -0.2) is 17.2 Å². The lowest BCUT2D eigenvalue weighted by Gasteiger charge is -2.31. The zero-order chi connectivity index (χ0) is 19.6. The van der Waals surface area contributed by atoms with Crippen molar-refractivity contribution in [2.75, 3.05) is 4.31 Å². The van der Waals surface area contributed by atoms with Gasteiger partial charge in [0.2, 0.25) is 0 Å².